The zero-order chi connectivity index (χ0) is 28.0. The predicted molar refractivity (Wildman–Crippen MR) is 136 cm³/mol. The number of hydrogen-bond donors (Lipinski definition) is 1. The maximum atomic E-state index is 12.7. The summed E-state index contributed by atoms with van der Waals surface area (Å²) in [5, 5.41) is 1.02. The van der Waals surface area contributed by atoms with Crippen molar-refractivity contribution >= 4 is 20.9 Å². The molecule has 0 spiro atoms. The van der Waals surface area contributed by atoms with Crippen LogP contribution in [0.2, 0.25) is 0 Å². The van der Waals surface area contributed by atoms with E-state index in [-0.39, 0.29) is 0 Å². The normalized spacial score (nSPS) is 12.5. The molecule has 0 saturated carbocycles. The Labute approximate surface area is 215 Å². The monoisotopic (exact) mass is 548 g/mol. The Bertz CT molecular complexity index is 1770. The van der Waals surface area contributed by atoms with Crippen LogP contribution in [-0.4, -0.2) is 30.6 Å². The number of nitrogens with zero attached hydrogens (tertiary/aromatic N) is 1. The van der Waals surface area contributed by atoms with E-state index in [0.29, 0.717) is 33.3 Å². The van der Waals surface area contributed by atoms with Crippen LogP contribution in [0.15, 0.2) is 70.4 Å². The summed E-state index contributed by atoms with van der Waals surface area (Å²) in [6.07, 6.45) is 1.37. The summed E-state index contributed by atoms with van der Waals surface area (Å²) in [6, 6.07) is 13.6. The lowest BCUT2D eigenvalue weighted by Gasteiger charge is -2.25. The van der Waals surface area contributed by atoms with Crippen molar-refractivity contribution in [3.8, 4) is 28.3 Å². The Hall–Kier alpha value is -4.06. The summed E-state index contributed by atoms with van der Waals surface area (Å²) in [4.78, 5) is 26.3. The highest BCUT2D eigenvalue weighted by Crippen LogP contribution is 2.42. The molecule has 1 N–H and O–H groups in total. The van der Waals surface area contributed by atoms with Crippen molar-refractivity contribution in [2.24, 2.45) is 0 Å². The first-order valence-electron chi connectivity index (χ1n) is 11.2. The molecule has 0 atom stereocenters. The van der Waals surface area contributed by atoms with Gasteiger partial charge in [-0.2, -0.15) is 21.6 Å². The fraction of sp³-hybridized carbons (Fsp3) is 0.231. The van der Waals surface area contributed by atoms with Crippen molar-refractivity contribution in [3.05, 3.63) is 87.2 Å². The SMILES string of the molecule is COc1c(-c2ccc3cc(OS(=O)(=O)C(F)(F)F)ccc3c2)cc(-n2ccc(=O)[nH]c2=O)cc1C(C)(C)C. The smallest absolute Gasteiger partial charge is 0.496 e. The van der Waals surface area contributed by atoms with Crippen molar-refractivity contribution in [1.29, 1.82) is 0 Å². The minimum atomic E-state index is -5.80. The molecule has 0 bridgehead atoms. The van der Waals surface area contributed by atoms with Gasteiger partial charge in [-0.05, 0) is 52.1 Å². The number of aromatic amines is 1. The molecule has 12 heteroatoms. The van der Waals surface area contributed by atoms with Gasteiger partial charge in [0.15, 0.2) is 0 Å². The number of rotatable bonds is 5. The number of benzene rings is 3. The van der Waals surface area contributed by atoms with Gasteiger partial charge in [-0.15, -0.1) is 0 Å². The molecule has 0 fully saturated rings. The molecular weight excluding hydrogens is 525 g/mol. The van der Waals surface area contributed by atoms with E-state index in [1.165, 1.54) is 36.1 Å². The van der Waals surface area contributed by atoms with Crippen molar-refractivity contribution in [2.75, 3.05) is 7.11 Å². The van der Waals surface area contributed by atoms with Gasteiger partial charge in [-0.3, -0.25) is 14.3 Å². The van der Waals surface area contributed by atoms with Gasteiger partial charge in [0.25, 0.3) is 5.56 Å². The largest absolute Gasteiger partial charge is 0.534 e. The van der Waals surface area contributed by atoms with Gasteiger partial charge in [0.2, 0.25) is 0 Å². The standard InChI is InChI=1S/C26H23F3N2O6S/c1-25(2,3)21-14-18(31-10-9-22(32)30-24(31)33)13-20(23(21)36-4)17-6-5-16-12-19(8-7-15(16)11-17)37-38(34,35)26(27,28)29/h5-14H,1-4H3,(H,30,32,33). The lowest BCUT2D eigenvalue weighted by molar-refractivity contribution is -0.0500. The maximum Gasteiger partial charge on any atom is 0.534 e. The molecular formula is C26H23F3N2O6S. The highest BCUT2D eigenvalue weighted by atomic mass is 32.2. The summed E-state index contributed by atoms with van der Waals surface area (Å²) in [7, 11) is -4.28. The third-order valence-electron chi connectivity index (χ3n) is 5.80. The molecule has 0 unspecified atom stereocenters. The molecule has 3 aromatic carbocycles. The molecule has 4 rings (SSSR count). The van der Waals surface area contributed by atoms with Crippen LogP contribution in [0.4, 0.5) is 13.2 Å². The first kappa shape index (κ1) is 27.0. The molecule has 1 aromatic heterocycles. The van der Waals surface area contributed by atoms with Crippen LogP contribution in [0.3, 0.4) is 0 Å². The zero-order valence-electron chi connectivity index (χ0n) is 20.7. The van der Waals surface area contributed by atoms with E-state index in [2.05, 4.69) is 9.17 Å². The van der Waals surface area contributed by atoms with Gasteiger partial charge < -0.3 is 8.92 Å². The summed E-state index contributed by atoms with van der Waals surface area (Å²) >= 11 is 0. The second-order valence-electron chi connectivity index (χ2n) is 9.51. The van der Waals surface area contributed by atoms with Gasteiger partial charge in [-0.25, -0.2) is 4.79 Å². The van der Waals surface area contributed by atoms with Crippen LogP contribution >= 0.6 is 0 Å². The molecule has 0 aliphatic carbocycles. The van der Waals surface area contributed by atoms with Crippen molar-refractivity contribution < 1.29 is 30.5 Å². The molecule has 0 aliphatic rings. The number of fused-ring (bicyclic) bond motifs is 1. The molecule has 38 heavy (non-hydrogen) atoms. The predicted octanol–water partition coefficient (Wildman–Crippen LogP) is 4.88. The zero-order valence-corrected chi connectivity index (χ0v) is 21.5. The number of alkyl halides is 3. The average Bonchev–Trinajstić information content (AvgIpc) is 2.81. The summed E-state index contributed by atoms with van der Waals surface area (Å²) < 4.78 is 72.1. The molecule has 0 amide bonds. The van der Waals surface area contributed by atoms with Crippen LogP contribution < -0.4 is 20.2 Å². The van der Waals surface area contributed by atoms with E-state index in [4.69, 9.17) is 4.74 Å². The quantitative estimate of drug-likeness (QED) is 0.281. The Kier molecular flexibility index (Phi) is 6.64. The van der Waals surface area contributed by atoms with Gasteiger partial charge in [-0.1, -0.05) is 39.0 Å². The van der Waals surface area contributed by atoms with E-state index in [0.717, 1.165) is 11.6 Å². The number of halogens is 3. The molecule has 8 nitrogen and oxygen atoms in total. The van der Waals surface area contributed by atoms with Gasteiger partial charge in [0, 0.05) is 23.4 Å². The van der Waals surface area contributed by atoms with E-state index in [9.17, 15) is 31.2 Å². The van der Waals surface area contributed by atoms with Crippen LogP contribution in [0.25, 0.3) is 27.6 Å². The van der Waals surface area contributed by atoms with Crippen LogP contribution in [0.5, 0.6) is 11.5 Å². The summed E-state index contributed by atoms with van der Waals surface area (Å²) in [5.74, 6) is 0.0731. The van der Waals surface area contributed by atoms with Gasteiger partial charge in [0.05, 0.1) is 12.8 Å². The lowest BCUT2D eigenvalue weighted by Crippen LogP contribution is -2.28. The molecule has 0 aliphatic heterocycles. The third kappa shape index (κ3) is 5.17. The van der Waals surface area contributed by atoms with Crippen molar-refractivity contribution in [1.82, 2.24) is 9.55 Å². The Balaban J connectivity index is 1.88. The second kappa shape index (κ2) is 9.35. The van der Waals surface area contributed by atoms with E-state index < -0.39 is 38.0 Å². The van der Waals surface area contributed by atoms with E-state index >= 15 is 0 Å². The summed E-state index contributed by atoms with van der Waals surface area (Å²) in [6.45, 7) is 5.93. The minimum Gasteiger partial charge on any atom is -0.496 e. The summed E-state index contributed by atoms with van der Waals surface area (Å²) in [5.41, 5.74) is -4.56. The van der Waals surface area contributed by atoms with Crippen molar-refractivity contribution in [3.63, 3.8) is 0 Å². The minimum absolute atomic E-state index is 0.408. The van der Waals surface area contributed by atoms with Gasteiger partial charge in [0.1, 0.15) is 11.5 Å². The Morgan fingerprint density at radius 1 is 0.895 bits per heavy atom. The third-order valence-corrected chi connectivity index (χ3v) is 6.78. The van der Waals surface area contributed by atoms with Crippen LogP contribution in [-0.2, 0) is 15.5 Å². The topological polar surface area (TPSA) is 107 Å². The Morgan fingerprint density at radius 3 is 2.16 bits per heavy atom. The number of nitrogens with one attached hydrogen (secondary N) is 1. The van der Waals surface area contributed by atoms with Crippen molar-refractivity contribution in [2.45, 2.75) is 31.7 Å². The average molecular weight is 549 g/mol. The number of ether oxygens (including phenoxy) is 1. The molecule has 1 heterocycles. The van der Waals surface area contributed by atoms with Gasteiger partial charge >= 0.3 is 21.3 Å². The Morgan fingerprint density at radius 2 is 1.55 bits per heavy atom. The first-order valence-corrected chi connectivity index (χ1v) is 12.6. The molecule has 0 saturated heterocycles. The van der Waals surface area contributed by atoms with Crippen LogP contribution in [0, 0.1) is 0 Å². The number of aromatic nitrogens is 2. The molecule has 0 radical (unpaired) electrons. The highest BCUT2D eigenvalue weighted by molar-refractivity contribution is 7.88. The molecule has 4 aromatic rings. The lowest BCUT2D eigenvalue weighted by atomic mass is 9.83. The van der Waals surface area contributed by atoms with E-state index in [1.54, 1.807) is 30.3 Å². The number of methoxy groups -OCH3 is 1. The fourth-order valence-electron chi connectivity index (χ4n) is 3.98. The highest BCUT2D eigenvalue weighted by Gasteiger charge is 2.48. The number of H-pyrrole nitrogens is 1. The molecule has 200 valence electrons. The first-order chi connectivity index (χ1) is 17.6. The fourth-order valence-corrected chi connectivity index (χ4v) is 4.43. The van der Waals surface area contributed by atoms with Crippen LogP contribution in [0.1, 0.15) is 26.3 Å². The van der Waals surface area contributed by atoms with E-state index in [1.807, 2.05) is 20.8 Å². The maximum absolute atomic E-state index is 12.7. The second-order valence-corrected chi connectivity index (χ2v) is 11.0. The number of hydrogen-bond acceptors (Lipinski definition) is 6.